The third-order valence-corrected chi connectivity index (χ3v) is 5.32. The highest BCUT2D eigenvalue weighted by Crippen LogP contribution is 2.25. The third-order valence-electron chi connectivity index (χ3n) is 3.30. The number of nitrogens with zero attached hydrogens (tertiary/aromatic N) is 2. The van der Waals surface area contributed by atoms with Gasteiger partial charge in [-0.25, -0.2) is 13.1 Å². The van der Waals surface area contributed by atoms with Crippen molar-refractivity contribution in [3.63, 3.8) is 0 Å². The molecule has 0 aliphatic rings. The van der Waals surface area contributed by atoms with Crippen LogP contribution < -0.4 is 0 Å². The fourth-order valence-corrected chi connectivity index (χ4v) is 4.17. The van der Waals surface area contributed by atoms with Gasteiger partial charge < -0.3 is 0 Å². The SMILES string of the molecule is CCCCS(=O)(=O)Cc1c(C)nn(-c2ccccc2)c1Cl. The van der Waals surface area contributed by atoms with E-state index in [1.54, 1.807) is 11.6 Å². The van der Waals surface area contributed by atoms with Crippen molar-refractivity contribution < 1.29 is 8.42 Å². The molecule has 0 aliphatic heterocycles. The Morgan fingerprint density at radius 1 is 1.24 bits per heavy atom. The normalized spacial score (nSPS) is 11.8. The summed E-state index contributed by atoms with van der Waals surface area (Å²) in [6, 6.07) is 9.45. The molecule has 0 bridgehead atoms. The molecule has 1 aromatic heterocycles. The first-order chi connectivity index (χ1) is 9.94. The highest BCUT2D eigenvalue weighted by atomic mass is 35.5. The van der Waals surface area contributed by atoms with E-state index in [9.17, 15) is 8.42 Å². The predicted molar refractivity (Wildman–Crippen MR) is 85.7 cm³/mol. The molecule has 0 N–H and O–H groups in total. The van der Waals surface area contributed by atoms with Crippen LogP contribution in [0.2, 0.25) is 5.15 Å². The fourth-order valence-electron chi connectivity index (χ4n) is 2.09. The molecule has 2 rings (SSSR count). The maximum Gasteiger partial charge on any atom is 0.154 e. The molecule has 0 atom stereocenters. The van der Waals surface area contributed by atoms with E-state index < -0.39 is 9.84 Å². The zero-order valence-electron chi connectivity index (χ0n) is 12.2. The molecule has 0 saturated heterocycles. The molecule has 0 fully saturated rings. The molecule has 114 valence electrons. The first kappa shape index (κ1) is 16.0. The second-order valence-electron chi connectivity index (χ2n) is 5.05. The maximum absolute atomic E-state index is 12.1. The minimum Gasteiger partial charge on any atom is -0.228 e. The van der Waals surface area contributed by atoms with Crippen LogP contribution in [0.3, 0.4) is 0 Å². The Kier molecular flexibility index (Phi) is 5.06. The number of hydrogen-bond acceptors (Lipinski definition) is 3. The van der Waals surface area contributed by atoms with E-state index in [4.69, 9.17) is 11.6 Å². The lowest BCUT2D eigenvalue weighted by Crippen LogP contribution is -2.10. The van der Waals surface area contributed by atoms with Gasteiger partial charge in [0, 0.05) is 5.56 Å². The number of aryl methyl sites for hydroxylation is 1. The molecule has 4 nitrogen and oxygen atoms in total. The molecular weight excluding hydrogens is 308 g/mol. The summed E-state index contributed by atoms with van der Waals surface area (Å²) >= 11 is 6.34. The van der Waals surface area contributed by atoms with Crippen molar-refractivity contribution >= 4 is 21.4 Å². The molecule has 21 heavy (non-hydrogen) atoms. The Balaban J connectivity index is 2.33. The number of unbranched alkanes of at least 4 members (excludes halogenated alkanes) is 1. The minimum absolute atomic E-state index is 0.0511. The van der Waals surface area contributed by atoms with Gasteiger partial charge in [-0.3, -0.25) is 0 Å². The molecule has 0 spiro atoms. The highest BCUT2D eigenvalue weighted by Gasteiger charge is 2.20. The van der Waals surface area contributed by atoms with Crippen LogP contribution >= 0.6 is 11.6 Å². The van der Waals surface area contributed by atoms with Gasteiger partial charge in [-0.05, 0) is 25.5 Å². The van der Waals surface area contributed by atoms with Crippen LogP contribution in [0.4, 0.5) is 0 Å². The number of para-hydroxylation sites is 1. The average Bonchev–Trinajstić information content (AvgIpc) is 2.74. The highest BCUT2D eigenvalue weighted by molar-refractivity contribution is 7.90. The Morgan fingerprint density at radius 3 is 2.52 bits per heavy atom. The molecular formula is C15H19ClN2O2S. The average molecular weight is 327 g/mol. The predicted octanol–water partition coefficient (Wildman–Crippen LogP) is 3.55. The lowest BCUT2D eigenvalue weighted by atomic mass is 10.3. The summed E-state index contributed by atoms with van der Waals surface area (Å²) in [6.45, 7) is 3.76. The van der Waals surface area contributed by atoms with E-state index in [1.807, 2.05) is 37.3 Å². The van der Waals surface area contributed by atoms with Crippen molar-refractivity contribution in [2.24, 2.45) is 0 Å². The summed E-state index contributed by atoms with van der Waals surface area (Å²) in [5.41, 5.74) is 2.07. The van der Waals surface area contributed by atoms with Gasteiger partial charge in [0.15, 0.2) is 9.84 Å². The molecule has 1 aromatic carbocycles. The van der Waals surface area contributed by atoms with E-state index >= 15 is 0 Å². The first-order valence-corrected chi connectivity index (χ1v) is 9.14. The van der Waals surface area contributed by atoms with Crippen LogP contribution in [-0.2, 0) is 15.6 Å². The summed E-state index contributed by atoms with van der Waals surface area (Å²) in [7, 11) is -3.15. The zero-order valence-corrected chi connectivity index (χ0v) is 13.8. The Labute approximate surface area is 130 Å². The van der Waals surface area contributed by atoms with Crippen LogP contribution in [0.15, 0.2) is 30.3 Å². The van der Waals surface area contributed by atoms with Crippen LogP contribution in [0.1, 0.15) is 31.0 Å². The van der Waals surface area contributed by atoms with Gasteiger partial charge >= 0.3 is 0 Å². The number of hydrogen-bond donors (Lipinski definition) is 0. The van der Waals surface area contributed by atoms with Gasteiger partial charge in [-0.15, -0.1) is 0 Å². The van der Waals surface area contributed by atoms with Crippen molar-refractivity contribution in [2.75, 3.05) is 5.75 Å². The molecule has 6 heteroatoms. The van der Waals surface area contributed by atoms with E-state index in [1.165, 1.54) is 0 Å². The van der Waals surface area contributed by atoms with Gasteiger partial charge in [0.1, 0.15) is 5.15 Å². The summed E-state index contributed by atoms with van der Waals surface area (Å²) in [4.78, 5) is 0. The Bertz CT molecular complexity index is 709. The summed E-state index contributed by atoms with van der Waals surface area (Å²) in [5, 5.41) is 4.74. The van der Waals surface area contributed by atoms with Gasteiger partial charge in [-0.2, -0.15) is 5.10 Å². The van der Waals surface area contributed by atoms with Gasteiger partial charge in [-0.1, -0.05) is 43.1 Å². The standard InChI is InChI=1S/C15H19ClN2O2S/c1-3-4-10-21(19,20)11-14-12(2)17-18(15(14)16)13-8-6-5-7-9-13/h5-9H,3-4,10-11H2,1-2H3. The number of rotatable bonds is 6. The summed E-state index contributed by atoms with van der Waals surface area (Å²) < 4.78 is 25.8. The van der Waals surface area contributed by atoms with Crippen molar-refractivity contribution in [2.45, 2.75) is 32.4 Å². The fraction of sp³-hybridized carbons (Fsp3) is 0.400. The second-order valence-corrected chi connectivity index (χ2v) is 7.59. The second kappa shape index (κ2) is 6.62. The Hall–Kier alpha value is -1.33. The number of halogens is 1. The molecule has 1 heterocycles. The van der Waals surface area contributed by atoms with Crippen molar-refractivity contribution in [3.8, 4) is 5.69 Å². The van der Waals surface area contributed by atoms with Crippen LogP contribution in [0, 0.1) is 6.92 Å². The molecule has 0 saturated carbocycles. The lowest BCUT2D eigenvalue weighted by molar-refractivity contribution is 0.591. The van der Waals surface area contributed by atoms with E-state index in [-0.39, 0.29) is 11.5 Å². The van der Waals surface area contributed by atoms with Gasteiger partial charge in [0.25, 0.3) is 0 Å². The van der Waals surface area contributed by atoms with Gasteiger partial charge in [0.05, 0.1) is 22.9 Å². The lowest BCUT2D eigenvalue weighted by Gasteiger charge is -2.05. The minimum atomic E-state index is -3.15. The van der Waals surface area contributed by atoms with E-state index in [0.717, 1.165) is 12.1 Å². The topological polar surface area (TPSA) is 52.0 Å². The first-order valence-electron chi connectivity index (χ1n) is 6.94. The number of sulfone groups is 1. The largest absolute Gasteiger partial charge is 0.228 e. The monoisotopic (exact) mass is 326 g/mol. The Morgan fingerprint density at radius 2 is 1.90 bits per heavy atom. The van der Waals surface area contributed by atoms with E-state index in [2.05, 4.69) is 5.10 Å². The summed E-state index contributed by atoms with van der Waals surface area (Å²) in [6.07, 6.45) is 1.53. The number of aromatic nitrogens is 2. The summed E-state index contributed by atoms with van der Waals surface area (Å²) in [5.74, 6) is 0.139. The smallest absolute Gasteiger partial charge is 0.154 e. The molecule has 2 aromatic rings. The van der Waals surface area contributed by atoms with Crippen LogP contribution in [0.25, 0.3) is 5.69 Å². The molecule has 0 aliphatic carbocycles. The number of benzene rings is 1. The zero-order chi connectivity index (χ0) is 15.5. The molecule has 0 radical (unpaired) electrons. The van der Waals surface area contributed by atoms with Crippen molar-refractivity contribution in [1.82, 2.24) is 9.78 Å². The van der Waals surface area contributed by atoms with Crippen molar-refractivity contribution in [3.05, 3.63) is 46.7 Å². The molecule has 0 amide bonds. The maximum atomic E-state index is 12.1. The van der Waals surface area contributed by atoms with Gasteiger partial charge in [0.2, 0.25) is 0 Å². The third kappa shape index (κ3) is 3.86. The quantitative estimate of drug-likeness (QED) is 0.815. The van der Waals surface area contributed by atoms with Crippen molar-refractivity contribution in [1.29, 1.82) is 0 Å². The molecule has 0 unspecified atom stereocenters. The van der Waals surface area contributed by atoms with E-state index in [0.29, 0.717) is 22.8 Å². The van der Waals surface area contributed by atoms with Crippen LogP contribution in [0.5, 0.6) is 0 Å². The van der Waals surface area contributed by atoms with Crippen LogP contribution in [-0.4, -0.2) is 24.0 Å².